The molecular formula is C12H17N5O2. The number of carbonyl (C=O) groups is 1. The molecule has 19 heavy (non-hydrogen) atoms. The van der Waals surface area contributed by atoms with Crippen LogP contribution in [0, 0.1) is 6.92 Å². The van der Waals surface area contributed by atoms with Gasteiger partial charge in [0.15, 0.2) is 5.52 Å². The highest BCUT2D eigenvalue weighted by Gasteiger charge is 2.13. The molecule has 1 amide bonds. The molecule has 2 rings (SSSR count). The van der Waals surface area contributed by atoms with Crippen molar-refractivity contribution in [3.63, 3.8) is 0 Å². The van der Waals surface area contributed by atoms with Crippen molar-refractivity contribution >= 4 is 16.9 Å². The van der Waals surface area contributed by atoms with Gasteiger partial charge in [0.2, 0.25) is 5.91 Å². The summed E-state index contributed by atoms with van der Waals surface area (Å²) in [6.45, 7) is 5.53. The number of nitrogens with one attached hydrogen (secondary N) is 1. The quantitative estimate of drug-likeness (QED) is 0.842. The molecule has 7 heteroatoms. The van der Waals surface area contributed by atoms with Gasteiger partial charge in [-0.15, -0.1) is 0 Å². The molecule has 0 aromatic carbocycles. The fraction of sp³-hybridized carbons (Fsp3) is 0.500. The zero-order valence-corrected chi connectivity index (χ0v) is 11.5. The molecule has 0 aliphatic heterocycles. The van der Waals surface area contributed by atoms with Crippen LogP contribution in [0.15, 0.2) is 11.1 Å². The zero-order valence-electron chi connectivity index (χ0n) is 11.5. The molecule has 0 aliphatic rings. The van der Waals surface area contributed by atoms with Gasteiger partial charge < -0.3 is 5.32 Å². The second-order valence-electron chi connectivity index (χ2n) is 4.81. The first-order chi connectivity index (χ1) is 8.90. The number of hydrogen-bond acceptors (Lipinski definition) is 4. The van der Waals surface area contributed by atoms with E-state index in [0.29, 0.717) is 11.0 Å². The Morgan fingerprint density at radius 1 is 1.42 bits per heavy atom. The molecule has 0 saturated heterocycles. The molecule has 2 aromatic heterocycles. The summed E-state index contributed by atoms with van der Waals surface area (Å²) in [7, 11) is 1.76. The molecule has 0 saturated carbocycles. The van der Waals surface area contributed by atoms with Crippen LogP contribution in [0.5, 0.6) is 0 Å². The van der Waals surface area contributed by atoms with Gasteiger partial charge in [-0.3, -0.25) is 18.8 Å². The number of aryl methyl sites for hydroxylation is 2. The molecule has 102 valence electrons. The molecule has 0 atom stereocenters. The first kappa shape index (κ1) is 13.3. The third-order valence-electron chi connectivity index (χ3n) is 2.86. The molecule has 2 aromatic rings. The van der Waals surface area contributed by atoms with Crippen molar-refractivity contribution in [2.75, 3.05) is 0 Å². The third-order valence-corrected chi connectivity index (χ3v) is 2.86. The summed E-state index contributed by atoms with van der Waals surface area (Å²) in [4.78, 5) is 28.0. The number of fused-ring (bicyclic) bond motifs is 1. The Hall–Kier alpha value is -2.18. The zero-order chi connectivity index (χ0) is 14.2. The van der Waals surface area contributed by atoms with Crippen molar-refractivity contribution in [1.29, 1.82) is 0 Å². The van der Waals surface area contributed by atoms with Gasteiger partial charge in [-0.25, -0.2) is 4.98 Å². The largest absolute Gasteiger partial charge is 0.352 e. The Kier molecular flexibility index (Phi) is 3.37. The lowest BCUT2D eigenvalue weighted by Gasteiger charge is -2.09. The van der Waals surface area contributed by atoms with E-state index in [1.54, 1.807) is 11.7 Å². The maximum Gasteiger partial charge on any atom is 0.282 e. The number of nitrogens with zero attached hydrogens (tertiary/aromatic N) is 4. The van der Waals surface area contributed by atoms with Crippen LogP contribution in [0.1, 0.15) is 19.5 Å². The van der Waals surface area contributed by atoms with Crippen LogP contribution >= 0.6 is 0 Å². The highest BCUT2D eigenvalue weighted by Crippen LogP contribution is 2.09. The lowest BCUT2D eigenvalue weighted by molar-refractivity contribution is -0.122. The monoisotopic (exact) mass is 263 g/mol. The van der Waals surface area contributed by atoms with Gasteiger partial charge in [-0.2, -0.15) is 5.10 Å². The maximum atomic E-state index is 12.2. The van der Waals surface area contributed by atoms with E-state index in [9.17, 15) is 9.59 Å². The van der Waals surface area contributed by atoms with Crippen LogP contribution in [-0.2, 0) is 18.4 Å². The van der Waals surface area contributed by atoms with Crippen LogP contribution in [0.3, 0.4) is 0 Å². The maximum absolute atomic E-state index is 12.2. The summed E-state index contributed by atoms with van der Waals surface area (Å²) in [6.07, 6.45) is 1.39. The van der Waals surface area contributed by atoms with Crippen molar-refractivity contribution in [1.82, 2.24) is 24.6 Å². The summed E-state index contributed by atoms with van der Waals surface area (Å²) in [6, 6.07) is 0.0389. The van der Waals surface area contributed by atoms with Crippen molar-refractivity contribution in [2.45, 2.75) is 33.4 Å². The molecule has 0 unspecified atom stereocenters. The first-order valence-electron chi connectivity index (χ1n) is 6.08. The van der Waals surface area contributed by atoms with Gasteiger partial charge >= 0.3 is 0 Å². The molecule has 0 bridgehead atoms. The first-order valence-corrected chi connectivity index (χ1v) is 6.08. The minimum Gasteiger partial charge on any atom is -0.352 e. The Balaban J connectivity index is 2.38. The average molecular weight is 263 g/mol. The van der Waals surface area contributed by atoms with Crippen LogP contribution in [-0.4, -0.2) is 31.3 Å². The number of aromatic nitrogens is 4. The summed E-state index contributed by atoms with van der Waals surface area (Å²) in [5, 5.41) is 6.86. The van der Waals surface area contributed by atoms with Gasteiger partial charge in [0, 0.05) is 13.1 Å². The highest BCUT2D eigenvalue weighted by atomic mass is 16.2. The van der Waals surface area contributed by atoms with Gasteiger partial charge in [0.1, 0.15) is 12.1 Å². The number of rotatable bonds is 3. The summed E-state index contributed by atoms with van der Waals surface area (Å²) in [5.41, 5.74) is 1.39. The lowest BCUT2D eigenvalue weighted by Crippen LogP contribution is -2.36. The molecule has 0 radical (unpaired) electrons. The Labute approximate surface area is 110 Å². The van der Waals surface area contributed by atoms with E-state index in [-0.39, 0.29) is 24.1 Å². The van der Waals surface area contributed by atoms with Crippen molar-refractivity contribution in [2.24, 2.45) is 7.05 Å². The molecule has 0 aliphatic carbocycles. The normalized spacial score (nSPS) is 11.2. The highest BCUT2D eigenvalue weighted by molar-refractivity contribution is 5.78. The van der Waals surface area contributed by atoms with E-state index in [1.807, 2.05) is 20.8 Å². The molecule has 2 heterocycles. The van der Waals surface area contributed by atoms with Crippen LogP contribution in [0.25, 0.3) is 11.0 Å². The van der Waals surface area contributed by atoms with Gasteiger partial charge in [0.05, 0.1) is 12.0 Å². The Morgan fingerprint density at radius 2 is 2.11 bits per heavy atom. The average Bonchev–Trinajstić information content (AvgIpc) is 2.59. The van der Waals surface area contributed by atoms with E-state index >= 15 is 0 Å². The fourth-order valence-corrected chi connectivity index (χ4v) is 1.85. The van der Waals surface area contributed by atoms with Crippen LogP contribution < -0.4 is 10.9 Å². The molecule has 1 N–H and O–H groups in total. The number of amides is 1. The minimum absolute atomic E-state index is 0.0389. The van der Waals surface area contributed by atoms with Crippen molar-refractivity contribution in [3.8, 4) is 0 Å². The van der Waals surface area contributed by atoms with Gasteiger partial charge in [0.25, 0.3) is 5.56 Å². The van der Waals surface area contributed by atoms with Crippen LogP contribution in [0.4, 0.5) is 0 Å². The van der Waals surface area contributed by atoms with E-state index in [4.69, 9.17) is 0 Å². The predicted octanol–water partition coefficient (Wildman–Crippen LogP) is -0.0370. The molecule has 0 spiro atoms. The van der Waals surface area contributed by atoms with Crippen molar-refractivity contribution < 1.29 is 4.79 Å². The van der Waals surface area contributed by atoms with E-state index in [2.05, 4.69) is 15.4 Å². The van der Waals surface area contributed by atoms with E-state index in [1.165, 1.54) is 10.9 Å². The number of hydrogen-bond donors (Lipinski definition) is 1. The minimum atomic E-state index is -0.299. The third kappa shape index (κ3) is 2.49. The second kappa shape index (κ2) is 4.83. The summed E-state index contributed by atoms with van der Waals surface area (Å²) in [5.74, 6) is -0.217. The van der Waals surface area contributed by atoms with Gasteiger partial charge in [-0.1, -0.05) is 0 Å². The Bertz CT molecular complexity index is 683. The predicted molar refractivity (Wildman–Crippen MR) is 70.8 cm³/mol. The number of carbonyl (C=O) groups excluding carboxylic acids is 1. The SMILES string of the molecule is Cc1c2ncn(CC(=O)NC(C)C)c(=O)c2nn1C. The lowest BCUT2D eigenvalue weighted by atomic mass is 10.3. The van der Waals surface area contributed by atoms with Crippen LogP contribution in [0.2, 0.25) is 0 Å². The standard InChI is InChI=1S/C12H17N5O2/c1-7(2)14-9(18)5-17-6-13-10-8(3)16(4)15-11(10)12(17)19/h6-7H,5H2,1-4H3,(H,14,18). The topological polar surface area (TPSA) is 81.8 Å². The molecular weight excluding hydrogens is 246 g/mol. The molecule has 0 fully saturated rings. The van der Waals surface area contributed by atoms with E-state index in [0.717, 1.165) is 5.69 Å². The smallest absolute Gasteiger partial charge is 0.282 e. The summed E-state index contributed by atoms with van der Waals surface area (Å²) >= 11 is 0. The fourth-order valence-electron chi connectivity index (χ4n) is 1.85. The van der Waals surface area contributed by atoms with E-state index < -0.39 is 0 Å². The second-order valence-corrected chi connectivity index (χ2v) is 4.81. The molecule has 7 nitrogen and oxygen atoms in total. The summed E-state index contributed by atoms with van der Waals surface area (Å²) < 4.78 is 2.88. The van der Waals surface area contributed by atoms with Gasteiger partial charge in [-0.05, 0) is 20.8 Å². The Morgan fingerprint density at radius 3 is 2.74 bits per heavy atom. The van der Waals surface area contributed by atoms with Crippen molar-refractivity contribution in [3.05, 3.63) is 22.4 Å².